The van der Waals surface area contributed by atoms with Crippen LogP contribution in [0.15, 0.2) is 50.9 Å². The lowest BCUT2D eigenvalue weighted by atomic mass is 10.2. The highest BCUT2D eigenvalue weighted by Crippen LogP contribution is 2.36. The number of nitrogens with zero attached hydrogens (tertiary/aromatic N) is 2. The first-order valence-electron chi connectivity index (χ1n) is 9.10. The van der Waals surface area contributed by atoms with Crippen molar-refractivity contribution >= 4 is 58.0 Å². The number of hydrogen-bond acceptors (Lipinski definition) is 7. The Morgan fingerprint density at radius 2 is 2.10 bits per heavy atom. The fourth-order valence-electron chi connectivity index (χ4n) is 2.53. The Bertz CT molecular complexity index is 1120. The van der Waals surface area contributed by atoms with Crippen LogP contribution in [0.25, 0.3) is 6.08 Å². The number of thioether (sulfide) groups is 1. The van der Waals surface area contributed by atoms with Crippen LogP contribution >= 0.6 is 46.0 Å². The van der Waals surface area contributed by atoms with E-state index in [4.69, 9.17) is 25.5 Å². The molecular formula is C21H18ClIN2O5S. The van der Waals surface area contributed by atoms with Crippen molar-refractivity contribution in [3.63, 3.8) is 0 Å². The lowest BCUT2D eigenvalue weighted by molar-refractivity contribution is -0.131. The van der Waals surface area contributed by atoms with Gasteiger partial charge in [0.1, 0.15) is 11.5 Å². The molecule has 0 unspecified atom stereocenters. The second-order valence-electron chi connectivity index (χ2n) is 6.15. The molecule has 2 aromatic carbocycles. The second kappa shape index (κ2) is 10.9. The molecule has 0 bridgehead atoms. The van der Waals surface area contributed by atoms with Crippen LogP contribution in [0.4, 0.5) is 0 Å². The number of ether oxygens (including phenoxy) is 2. The number of benzene rings is 2. The molecule has 1 heterocycles. The van der Waals surface area contributed by atoms with Crippen molar-refractivity contribution in [2.75, 3.05) is 7.11 Å². The Kier molecular flexibility index (Phi) is 8.22. The summed E-state index contributed by atoms with van der Waals surface area (Å²) in [5.41, 5.74) is 1.48. The van der Waals surface area contributed by atoms with Crippen LogP contribution in [0.1, 0.15) is 23.9 Å². The summed E-state index contributed by atoms with van der Waals surface area (Å²) in [7, 11) is 1.53. The first-order valence-corrected chi connectivity index (χ1v) is 11.4. The molecule has 0 atom stereocenters. The molecule has 3 rings (SSSR count). The highest BCUT2D eigenvalue weighted by Gasteiger charge is 2.17. The molecule has 0 saturated carbocycles. The summed E-state index contributed by atoms with van der Waals surface area (Å²) in [5, 5.41) is 18.1. The second-order valence-corrected chi connectivity index (χ2v) is 8.71. The third-order valence-electron chi connectivity index (χ3n) is 4.04. The number of hydrogen-bond donors (Lipinski definition) is 1. The average molecular weight is 573 g/mol. The predicted octanol–water partition coefficient (Wildman–Crippen LogP) is 5.70. The molecule has 1 aromatic heterocycles. The van der Waals surface area contributed by atoms with Gasteiger partial charge >= 0.3 is 5.97 Å². The zero-order valence-corrected chi connectivity index (χ0v) is 20.3. The van der Waals surface area contributed by atoms with Crippen molar-refractivity contribution in [1.82, 2.24) is 10.2 Å². The van der Waals surface area contributed by atoms with E-state index >= 15 is 0 Å². The number of carboxylic acid groups (broad SMARTS) is 1. The number of rotatable bonds is 9. The average Bonchev–Trinajstić information content (AvgIpc) is 3.21. The molecule has 0 amide bonds. The van der Waals surface area contributed by atoms with Crippen LogP contribution in [0.2, 0.25) is 5.02 Å². The minimum absolute atomic E-state index is 0.0360. The van der Waals surface area contributed by atoms with E-state index in [0.717, 1.165) is 20.9 Å². The van der Waals surface area contributed by atoms with Crippen LogP contribution in [-0.4, -0.2) is 28.4 Å². The van der Waals surface area contributed by atoms with Gasteiger partial charge in [0.2, 0.25) is 5.89 Å². The Hall–Kier alpha value is -2.24. The fraction of sp³-hybridized carbons (Fsp3) is 0.190. The Balaban J connectivity index is 1.86. The fourth-order valence-corrected chi connectivity index (χ4v) is 4.19. The maximum absolute atomic E-state index is 11.7. The van der Waals surface area contributed by atoms with Crippen molar-refractivity contribution < 1.29 is 23.8 Å². The summed E-state index contributed by atoms with van der Waals surface area (Å²) in [5.74, 6) is 0.373. The summed E-state index contributed by atoms with van der Waals surface area (Å²) < 4.78 is 17.6. The van der Waals surface area contributed by atoms with Gasteiger partial charge in [0, 0.05) is 17.0 Å². The zero-order valence-electron chi connectivity index (χ0n) is 16.6. The van der Waals surface area contributed by atoms with Gasteiger partial charge in [0.05, 0.1) is 10.7 Å². The molecule has 1 N–H and O–H groups in total. The molecule has 0 radical (unpaired) electrons. The van der Waals surface area contributed by atoms with Gasteiger partial charge in [-0.15, -0.1) is 10.2 Å². The van der Waals surface area contributed by atoms with Crippen molar-refractivity contribution in [3.8, 4) is 11.5 Å². The SMILES string of the molecule is CCc1nnc(S/C(=C\c2cc(I)c(OCc3ccccc3Cl)c(OC)c2)C(=O)O)o1. The van der Waals surface area contributed by atoms with Crippen LogP contribution < -0.4 is 9.47 Å². The van der Waals surface area contributed by atoms with Gasteiger partial charge in [0.15, 0.2) is 11.5 Å². The molecule has 31 heavy (non-hydrogen) atoms. The highest BCUT2D eigenvalue weighted by atomic mass is 127. The topological polar surface area (TPSA) is 94.7 Å². The predicted molar refractivity (Wildman–Crippen MR) is 127 cm³/mol. The van der Waals surface area contributed by atoms with Crippen molar-refractivity contribution in [2.45, 2.75) is 25.2 Å². The number of aromatic nitrogens is 2. The highest BCUT2D eigenvalue weighted by molar-refractivity contribution is 14.1. The van der Waals surface area contributed by atoms with E-state index in [1.54, 1.807) is 18.2 Å². The summed E-state index contributed by atoms with van der Waals surface area (Å²) in [6, 6.07) is 10.9. The molecule has 0 saturated heterocycles. The molecule has 0 aliphatic heterocycles. The van der Waals surface area contributed by atoms with E-state index in [1.807, 2.05) is 25.1 Å². The Labute approximate surface area is 201 Å². The minimum atomic E-state index is -1.10. The van der Waals surface area contributed by atoms with Gasteiger partial charge in [0.25, 0.3) is 5.22 Å². The summed E-state index contributed by atoms with van der Waals surface area (Å²) in [4.78, 5) is 11.8. The van der Waals surface area contributed by atoms with E-state index in [1.165, 1.54) is 13.2 Å². The number of aryl methyl sites for hydroxylation is 1. The molecule has 3 aromatic rings. The maximum atomic E-state index is 11.7. The van der Waals surface area contributed by atoms with E-state index in [0.29, 0.717) is 34.4 Å². The van der Waals surface area contributed by atoms with Crippen molar-refractivity contribution in [1.29, 1.82) is 0 Å². The third kappa shape index (κ3) is 6.14. The summed E-state index contributed by atoms with van der Waals surface area (Å²) >= 11 is 9.21. The lowest BCUT2D eigenvalue weighted by Crippen LogP contribution is -2.01. The van der Waals surface area contributed by atoms with E-state index in [2.05, 4.69) is 32.8 Å². The number of halogens is 2. The van der Waals surface area contributed by atoms with Gasteiger partial charge in [-0.3, -0.25) is 0 Å². The molecule has 10 heteroatoms. The van der Waals surface area contributed by atoms with Crippen LogP contribution in [-0.2, 0) is 17.8 Å². The molecule has 0 fully saturated rings. The van der Waals surface area contributed by atoms with Gasteiger partial charge < -0.3 is 19.0 Å². The van der Waals surface area contributed by atoms with Gasteiger partial charge in [-0.2, -0.15) is 0 Å². The maximum Gasteiger partial charge on any atom is 0.342 e. The molecule has 7 nitrogen and oxygen atoms in total. The van der Waals surface area contributed by atoms with Crippen molar-refractivity contribution in [2.24, 2.45) is 0 Å². The van der Waals surface area contributed by atoms with Crippen LogP contribution in [0.5, 0.6) is 11.5 Å². The summed E-state index contributed by atoms with van der Waals surface area (Å²) in [6.07, 6.45) is 2.09. The molecule has 0 aliphatic rings. The Morgan fingerprint density at radius 1 is 1.32 bits per heavy atom. The largest absolute Gasteiger partial charge is 0.493 e. The number of carboxylic acids is 1. The van der Waals surface area contributed by atoms with Gasteiger partial charge in [-0.1, -0.05) is 36.7 Å². The standard InChI is InChI=1S/C21H18ClIN2O5S/c1-3-18-24-25-21(30-18)31-17(20(26)27)10-12-8-15(23)19(16(9-12)28-2)29-11-13-6-4-5-7-14(13)22/h4-10H,3,11H2,1-2H3,(H,26,27)/b17-10-. The third-order valence-corrected chi connectivity index (χ3v) is 6.06. The number of aliphatic carboxylic acids is 1. The first-order chi connectivity index (χ1) is 14.9. The van der Waals surface area contributed by atoms with E-state index in [-0.39, 0.29) is 16.7 Å². The molecular weight excluding hydrogens is 555 g/mol. The lowest BCUT2D eigenvalue weighted by Gasteiger charge is -2.14. The number of methoxy groups -OCH3 is 1. The van der Waals surface area contributed by atoms with Crippen LogP contribution in [0.3, 0.4) is 0 Å². The van der Waals surface area contributed by atoms with Gasteiger partial charge in [-0.05, 0) is 64.2 Å². The minimum Gasteiger partial charge on any atom is -0.493 e. The monoisotopic (exact) mass is 572 g/mol. The smallest absolute Gasteiger partial charge is 0.342 e. The zero-order chi connectivity index (χ0) is 22.4. The normalized spacial score (nSPS) is 11.4. The summed E-state index contributed by atoms with van der Waals surface area (Å²) in [6.45, 7) is 2.15. The molecule has 0 spiro atoms. The molecule has 0 aliphatic carbocycles. The van der Waals surface area contributed by atoms with E-state index in [9.17, 15) is 9.90 Å². The quantitative estimate of drug-likeness (QED) is 0.198. The molecule has 162 valence electrons. The number of carbonyl (C=O) groups is 1. The van der Waals surface area contributed by atoms with E-state index < -0.39 is 5.97 Å². The van der Waals surface area contributed by atoms with Crippen molar-refractivity contribution in [3.05, 3.63) is 66.9 Å². The van der Waals surface area contributed by atoms with Gasteiger partial charge in [-0.25, -0.2) is 4.79 Å². The first kappa shape index (κ1) is 23.4. The Morgan fingerprint density at radius 3 is 2.74 bits per heavy atom. The van der Waals surface area contributed by atoms with Crippen LogP contribution in [0, 0.1) is 3.57 Å².